The number of hydrogen-bond acceptors (Lipinski definition) is 6. The van der Waals surface area contributed by atoms with Gasteiger partial charge in [-0.1, -0.05) is 23.4 Å². The van der Waals surface area contributed by atoms with Crippen LogP contribution in [0.25, 0.3) is 0 Å². The Labute approximate surface area is 189 Å². The van der Waals surface area contributed by atoms with Gasteiger partial charge in [-0.15, -0.1) is 0 Å². The van der Waals surface area contributed by atoms with Crippen molar-refractivity contribution in [2.45, 2.75) is 44.4 Å². The molecule has 174 valence electrons. The molecule has 0 bridgehead atoms. The molecule has 1 aromatic carbocycles. The summed E-state index contributed by atoms with van der Waals surface area (Å²) in [7, 11) is -3.73. The zero-order valence-electron chi connectivity index (χ0n) is 18.7. The first-order valence-electron chi connectivity index (χ1n) is 11.3. The van der Waals surface area contributed by atoms with E-state index >= 15 is 0 Å². The molecule has 2 saturated heterocycles. The van der Waals surface area contributed by atoms with Crippen molar-refractivity contribution in [1.29, 1.82) is 0 Å². The normalized spacial score (nSPS) is 20.9. The monoisotopic (exact) mass is 461 g/mol. The minimum absolute atomic E-state index is 0.0612. The summed E-state index contributed by atoms with van der Waals surface area (Å²) in [4.78, 5) is 15.2. The average Bonchev–Trinajstić information content (AvgIpc) is 3.17. The van der Waals surface area contributed by atoms with Crippen molar-refractivity contribution in [3.05, 3.63) is 41.8 Å². The van der Waals surface area contributed by atoms with Crippen LogP contribution in [0, 0.1) is 25.7 Å². The third kappa shape index (κ3) is 4.83. The molecule has 3 heterocycles. The first kappa shape index (κ1) is 22.8. The Morgan fingerprint density at radius 1 is 1.12 bits per heavy atom. The summed E-state index contributed by atoms with van der Waals surface area (Å²) < 4.78 is 38.7. The lowest BCUT2D eigenvalue weighted by Crippen LogP contribution is -2.49. The number of likely N-dealkylation sites (tertiary alicyclic amines) is 1. The van der Waals surface area contributed by atoms with Crippen LogP contribution in [0.2, 0.25) is 0 Å². The largest absolute Gasteiger partial charge is 0.493 e. The maximum absolute atomic E-state index is 13.2. The van der Waals surface area contributed by atoms with E-state index < -0.39 is 10.0 Å². The average molecular weight is 462 g/mol. The van der Waals surface area contributed by atoms with Crippen molar-refractivity contribution >= 4 is 15.9 Å². The molecule has 0 spiro atoms. The highest BCUT2D eigenvalue weighted by molar-refractivity contribution is 7.89. The quantitative estimate of drug-likeness (QED) is 0.657. The van der Waals surface area contributed by atoms with Gasteiger partial charge in [-0.25, -0.2) is 8.42 Å². The Hall–Kier alpha value is -2.39. The van der Waals surface area contributed by atoms with E-state index in [0.717, 1.165) is 18.6 Å². The van der Waals surface area contributed by atoms with Gasteiger partial charge < -0.3 is 14.2 Å². The number of amides is 1. The molecule has 0 saturated carbocycles. The molecule has 1 amide bonds. The van der Waals surface area contributed by atoms with Gasteiger partial charge in [-0.05, 0) is 57.6 Å². The van der Waals surface area contributed by atoms with E-state index in [1.807, 2.05) is 35.2 Å². The number of carbonyl (C=O) groups excluding carboxylic acids is 1. The van der Waals surface area contributed by atoms with E-state index in [0.29, 0.717) is 50.7 Å². The Balaban J connectivity index is 1.32. The third-order valence-electron chi connectivity index (χ3n) is 6.45. The number of aryl methyl sites for hydroxylation is 2. The highest BCUT2D eigenvalue weighted by Gasteiger charge is 2.38. The third-order valence-corrected chi connectivity index (χ3v) is 8.56. The number of nitrogens with zero attached hydrogens (tertiary/aromatic N) is 3. The Bertz CT molecular complexity index is 1010. The zero-order chi connectivity index (χ0) is 22.7. The fourth-order valence-corrected chi connectivity index (χ4v) is 6.46. The van der Waals surface area contributed by atoms with Crippen molar-refractivity contribution in [2.75, 3.05) is 32.8 Å². The van der Waals surface area contributed by atoms with Gasteiger partial charge in [0, 0.05) is 26.2 Å². The van der Waals surface area contributed by atoms with Crippen LogP contribution in [0.3, 0.4) is 0 Å². The molecule has 1 atom stereocenters. The van der Waals surface area contributed by atoms with Crippen molar-refractivity contribution in [3.63, 3.8) is 0 Å². The number of aromatic nitrogens is 1. The molecule has 4 rings (SSSR count). The lowest BCUT2D eigenvalue weighted by Gasteiger charge is -2.37. The van der Waals surface area contributed by atoms with Gasteiger partial charge in [-0.3, -0.25) is 4.79 Å². The molecule has 8 nitrogen and oxygen atoms in total. The van der Waals surface area contributed by atoms with Crippen LogP contribution >= 0.6 is 0 Å². The van der Waals surface area contributed by atoms with E-state index in [-0.39, 0.29) is 29.0 Å². The molecular formula is C23H31N3O5S. The van der Waals surface area contributed by atoms with E-state index in [1.165, 1.54) is 4.31 Å². The summed E-state index contributed by atoms with van der Waals surface area (Å²) in [6.45, 7) is 5.88. The lowest BCUT2D eigenvalue weighted by atomic mass is 9.94. The number of rotatable bonds is 6. The van der Waals surface area contributed by atoms with E-state index in [1.54, 1.807) is 13.8 Å². The molecule has 9 heteroatoms. The van der Waals surface area contributed by atoms with E-state index in [2.05, 4.69) is 5.16 Å². The van der Waals surface area contributed by atoms with Crippen molar-refractivity contribution in [1.82, 2.24) is 14.4 Å². The summed E-state index contributed by atoms with van der Waals surface area (Å²) in [6.07, 6.45) is 3.17. The molecule has 32 heavy (non-hydrogen) atoms. The van der Waals surface area contributed by atoms with Crippen LogP contribution in [0.15, 0.2) is 39.8 Å². The van der Waals surface area contributed by atoms with Crippen molar-refractivity contribution < 1.29 is 22.5 Å². The van der Waals surface area contributed by atoms with Gasteiger partial charge in [0.2, 0.25) is 15.9 Å². The number of ether oxygens (including phenoxy) is 1. The van der Waals surface area contributed by atoms with E-state index in [4.69, 9.17) is 9.26 Å². The summed E-state index contributed by atoms with van der Waals surface area (Å²) in [6, 6.07) is 9.77. The lowest BCUT2D eigenvalue weighted by molar-refractivity contribution is -0.138. The smallest absolute Gasteiger partial charge is 0.248 e. The van der Waals surface area contributed by atoms with Crippen LogP contribution in [0.4, 0.5) is 0 Å². The molecule has 2 fully saturated rings. The van der Waals surface area contributed by atoms with Gasteiger partial charge >= 0.3 is 0 Å². The number of carbonyl (C=O) groups is 1. The van der Waals surface area contributed by atoms with Crippen molar-refractivity contribution in [2.24, 2.45) is 11.8 Å². The SMILES string of the molecule is Cc1noc(C)c1S(=O)(=O)N1CCCC(C(=O)N2CCC(COc3ccccc3)CC2)C1. The summed E-state index contributed by atoms with van der Waals surface area (Å²) in [5.74, 6) is 1.33. The molecule has 1 aromatic heterocycles. The summed E-state index contributed by atoms with van der Waals surface area (Å²) >= 11 is 0. The second kappa shape index (κ2) is 9.62. The molecule has 0 aliphatic carbocycles. The topological polar surface area (TPSA) is 93.0 Å². The van der Waals surface area contributed by atoms with Crippen LogP contribution in [0.1, 0.15) is 37.1 Å². The Kier molecular flexibility index (Phi) is 6.85. The predicted molar refractivity (Wildman–Crippen MR) is 119 cm³/mol. The molecule has 0 radical (unpaired) electrons. The van der Waals surface area contributed by atoms with Gasteiger partial charge in [0.25, 0.3) is 0 Å². The first-order valence-corrected chi connectivity index (χ1v) is 12.7. The minimum atomic E-state index is -3.73. The number of hydrogen-bond donors (Lipinski definition) is 0. The molecule has 2 aliphatic rings. The Morgan fingerprint density at radius 3 is 2.50 bits per heavy atom. The van der Waals surface area contributed by atoms with Gasteiger partial charge in [0.15, 0.2) is 5.76 Å². The fourth-order valence-electron chi connectivity index (χ4n) is 4.64. The van der Waals surface area contributed by atoms with Gasteiger partial charge in [0.1, 0.15) is 16.3 Å². The number of piperidine rings is 2. The van der Waals surface area contributed by atoms with Crippen LogP contribution < -0.4 is 4.74 Å². The van der Waals surface area contributed by atoms with Gasteiger partial charge in [0.05, 0.1) is 12.5 Å². The molecular weight excluding hydrogens is 430 g/mol. The number of para-hydroxylation sites is 1. The maximum Gasteiger partial charge on any atom is 0.248 e. The highest BCUT2D eigenvalue weighted by atomic mass is 32.2. The number of benzene rings is 1. The van der Waals surface area contributed by atoms with Gasteiger partial charge in [-0.2, -0.15) is 4.31 Å². The second-order valence-electron chi connectivity index (χ2n) is 8.75. The van der Waals surface area contributed by atoms with E-state index in [9.17, 15) is 13.2 Å². The van der Waals surface area contributed by atoms with Crippen LogP contribution in [0.5, 0.6) is 5.75 Å². The summed E-state index contributed by atoms with van der Waals surface area (Å²) in [5.41, 5.74) is 0.357. The number of sulfonamides is 1. The first-order chi connectivity index (χ1) is 15.4. The Morgan fingerprint density at radius 2 is 1.84 bits per heavy atom. The maximum atomic E-state index is 13.2. The summed E-state index contributed by atoms with van der Waals surface area (Å²) in [5, 5.41) is 3.78. The molecule has 0 N–H and O–H groups in total. The standard InChI is InChI=1S/C23H31N3O5S/c1-17-22(18(2)31-24-17)32(28,29)26-12-6-7-20(15-26)23(27)25-13-10-19(11-14-25)16-30-21-8-4-3-5-9-21/h3-5,8-9,19-20H,6-7,10-16H2,1-2H3. The van der Waals surface area contributed by atoms with Crippen molar-refractivity contribution in [3.8, 4) is 5.75 Å². The highest BCUT2D eigenvalue weighted by Crippen LogP contribution is 2.29. The van der Waals surface area contributed by atoms with Crippen LogP contribution in [-0.2, 0) is 14.8 Å². The van der Waals surface area contributed by atoms with Crippen LogP contribution in [-0.4, -0.2) is 61.5 Å². The fraction of sp³-hybridized carbons (Fsp3) is 0.565. The molecule has 1 unspecified atom stereocenters. The molecule has 2 aliphatic heterocycles. The second-order valence-corrected chi connectivity index (χ2v) is 10.6. The molecule has 2 aromatic rings. The predicted octanol–water partition coefficient (Wildman–Crippen LogP) is 3.01. The minimum Gasteiger partial charge on any atom is -0.493 e. The zero-order valence-corrected chi connectivity index (χ0v) is 19.5.